The van der Waals surface area contributed by atoms with E-state index in [0.29, 0.717) is 18.8 Å². The molecule has 1 fully saturated rings. The highest BCUT2D eigenvalue weighted by molar-refractivity contribution is 5.72. The van der Waals surface area contributed by atoms with Crippen LogP contribution < -0.4 is 9.47 Å². The van der Waals surface area contributed by atoms with Gasteiger partial charge in [-0.1, -0.05) is 31.5 Å². The number of para-hydroxylation sites is 1. The molecule has 8 heteroatoms. The van der Waals surface area contributed by atoms with Gasteiger partial charge in [-0.15, -0.1) is 0 Å². The summed E-state index contributed by atoms with van der Waals surface area (Å²) in [5.41, 5.74) is 0.379. The molecule has 0 amide bonds. The fourth-order valence-corrected chi connectivity index (χ4v) is 4.91. The monoisotopic (exact) mass is 508 g/mol. The van der Waals surface area contributed by atoms with Gasteiger partial charge in [0.15, 0.2) is 29.0 Å². The Hall–Kier alpha value is -3.16. The molecule has 0 aliphatic heterocycles. The van der Waals surface area contributed by atoms with Crippen molar-refractivity contribution in [2.75, 3.05) is 0 Å². The lowest BCUT2D eigenvalue weighted by Crippen LogP contribution is -2.15. The maximum Gasteiger partial charge on any atom is 0.387 e. The van der Waals surface area contributed by atoms with Gasteiger partial charge in [0.05, 0.1) is 0 Å². The molecule has 1 saturated carbocycles. The number of hydrogen-bond acceptors (Lipinski definition) is 2. The Balaban J connectivity index is 1.70. The van der Waals surface area contributed by atoms with E-state index < -0.39 is 35.6 Å². The highest BCUT2D eigenvalue weighted by Gasteiger charge is 2.29. The Bertz CT molecular complexity index is 1210. The van der Waals surface area contributed by atoms with Gasteiger partial charge in [0.25, 0.3) is 0 Å². The van der Waals surface area contributed by atoms with Gasteiger partial charge in [0.1, 0.15) is 11.6 Å². The summed E-state index contributed by atoms with van der Waals surface area (Å²) in [5.74, 6) is -5.08. The molecule has 4 rings (SSSR count). The van der Waals surface area contributed by atoms with Gasteiger partial charge in [-0.25, -0.2) is 17.6 Å². The Labute approximate surface area is 205 Å². The lowest BCUT2D eigenvalue weighted by molar-refractivity contribution is -0.0546. The van der Waals surface area contributed by atoms with E-state index in [2.05, 4.69) is 11.7 Å². The van der Waals surface area contributed by atoms with Crippen molar-refractivity contribution < 1.29 is 35.8 Å². The third-order valence-corrected chi connectivity index (χ3v) is 6.84. The molecule has 2 nitrogen and oxygen atoms in total. The summed E-state index contributed by atoms with van der Waals surface area (Å²) in [4.78, 5) is 0. The highest BCUT2D eigenvalue weighted by atomic mass is 19.3. The van der Waals surface area contributed by atoms with Crippen LogP contribution >= 0.6 is 0 Å². The van der Waals surface area contributed by atoms with Crippen LogP contribution in [0.3, 0.4) is 0 Å². The van der Waals surface area contributed by atoms with Crippen molar-refractivity contribution in [2.45, 2.75) is 58.5 Å². The van der Waals surface area contributed by atoms with Crippen LogP contribution in [-0.2, 0) is 0 Å². The molecule has 0 spiro atoms. The largest absolute Gasteiger partial charge is 0.453 e. The molecule has 1 aliphatic carbocycles. The SMILES string of the molecule is CCC1CCC(c2c(F)cc(C)c(Oc3ccccc3-c3cc(F)c(OC(F)F)c(F)c3)c2F)CC1. The van der Waals surface area contributed by atoms with Crippen molar-refractivity contribution in [3.63, 3.8) is 0 Å². The van der Waals surface area contributed by atoms with Gasteiger partial charge in [0.2, 0.25) is 0 Å². The molecule has 36 heavy (non-hydrogen) atoms. The van der Waals surface area contributed by atoms with Crippen LogP contribution in [0.5, 0.6) is 17.2 Å². The fraction of sp³-hybridized carbons (Fsp3) is 0.357. The molecule has 1 aliphatic rings. The minimum absolute atomic E-state index is 0.00627. The zero-order valence-corrected chi connectivity index (χ0v) is 19.9. The number of aryl methyl sites for hydroxylation is 1. The summed E-state index contributed by atoms with van der Waals surface area (Å²) in [7, 11) is 0. The smallest absolute Gasteiger partial charge is 0.387 e. The summed E-state index contributed by atoms with van der Waals surface area (Å²) in [6, 6.07) is 9.02. The Morgan fingerprint density at radius 3 is 2.11 bits per heavy atom. The molecule has 3 aromatic carbocycles. The Kier molecular flexibility index (Phi) is 7.81. The van der Waals surface area contributed by atoms with Crippen molar-refractivity contribution in [1.82, 2.24) is 0 Å². The Morgan fingerprint density at radius 2 is 1.50 bits per heavy atom. The van der Waals surface area contributed by atoms with E-state index in [4.69, 9.17) is 4.74 Å². The van der Waals surface area contributed by atoms with Crippen LogP contribution in [0.1, 0.15) is 56.1 Å². The third kappa shape index (κ3) is 5.32. The first-order chi connectivity index (χ1) is 17.2. The van der Waals surface area contributed by atoms with Crippen LogP contribution in [0, 0.1) is 36.1 Å². The van der Waals surface area contributed by atoms with E-state index in [-0.39, 0.29) is 39.7 Å². The molecular weight excluding hydrogens is 482 g/mol. The summed E-state index contributed by atoms with van der Waals surface area (Å²) in [6.45, 7) is 0.224. The second-order valence-electron chi connectivity index (χ2n) is 9.10. The van der Waals surface area contributed by atoms with Crippen molar-refractivity contribution in [3.8, 4) is 28.4 Å². The average Bonchev–Trinajstić information content (AvgIpc) is 2.84. The minimum Gasteiger partial charge on any atom is -0.453 e. The second-order valence-corrected chi connectivity index (χ2v) is 9.10. The first-order valence-electron chi connectivity index (χ1n) is 11.9. The fourth-order valence-electron chi connectivity index (χ4n) is 4.91. The van der Waals surface area contributed by atoms with E-state index in [9.17, 15) is 22.0 Å². The minimum atomic E-state index is -3.40. The van der Waals surface area contributed by atoms with E-state index in [1.807, 2.05) is 0 Å². The predicted molar refractivity (Wildman–Crippen MR) is 125 cm³/mol. The normalized spacial score (nSPS) is 17.9. The summed E-state index contributed by atoms with van der Waals surface area (Å²) in [6.07, 6.45) is 4.19. The lowest BCUT2D eigenvalue weighted by Gasteiger charge is -2.29. The Morgan fingerprint density at radius 1 is 0.861 bits per heavy atom. The van der Waals surface area contributed by atoms with Gasteiger partial charge in [0, 0.05) is 11.1 Å². The zero-order valence-electron chi connectivity index (χ0n) is 19.9. The van der Waals surface area contributed by atoms with Gasteiger partial charge in [-0.2, -0.15) is 8.78 Å². The van der Waals surface area contributed by atoms with E-state index >= 15 is 4.39 Å². The standard InChI is InChI=1S/C28H26F6O2/c1-3-16-8-10-17(11-9-16)24-20(29)12-15(2)26(25(24)32)35-23-7-5-4-6-19(23)18-13-21(30)27(22(31)14-18)36-28(33)34/h4-7,12-14,16-17,28H,3,8-11H2,1-2H3. The molecule has 0 saturated heterocycles. The number of ether oxygens (including phenoxy) is 2. The molecule has 3 aromatic rings. The van der Waals surface area contributed by atoms with Crippen LogP contribution in [0.25, 0.3) is 11.1 Å². The maximum atomic E-state index is 15.7. The molecule has 0 heterocycles. The molecular formula is C28H26F6O2. The zero-order chi connectivity index (χ0) is 26.0. The predicted octanol–water partition coefficient (Wildman–Crippen LogP) is 9.30. The van der Waals surface area contributed by atoms with Crippen LogP contribution in [-0.4, -0.2) is 6.61 Å². The van der Waals surface area contributed by atoms with Crippen molar-refractivity contribution in [2.24, 2.45) is 5.92 Å². The second kappa shape index (κ2) is 10.8. The molecule has 0 bridgehead atoms. The van der Waals surface area contributed by atoms with E-state index in [1.165, 1.54) is 25.1 Å². The topological polar surface area (TPSA) is 18.5 Å². The molecule has 0 atom stereocenters. The number of benzene rings is 3. The third-order valence-electron chi connectivity index (χ3n) is 6.84. The number of alkyl halides is 2. The van der Waals surface area contributed by atoms with Crippen molar-refractivity contribution in [1.29, 1.82) is 0 Å². The van der Waals surface area contributed by atoms with Gasteiger partial charge in [-0.3, -0.25) is 0 Å². The maximum absolute atomic E-state index is 15.7. The highest BCUT2D eigenvalue weighted by Crippen LogP contribution is 2.44. The summed E-state index contributed by atoms with van der Waals surface area (Å²) < 4.78 is 94.1. The number of halogens is 6. The van der Waals surface area contributed by atoms with Crippen LogP contribution in [0.4, 0.5) is 26.3 Å². The van der Waals surface area contributed by atoms with E-state index in [0.717, 1.165) is 31.4 Å². The molecule has 0 unspecified atom stereocenters. The molecule has 192 valence electrons. The number of hydrogen-bond donors (Lipinski definition) is 0. The molecule has 0 N–H and O–H groups in total. The van der Waals surface area contributed by atoms with Crippen LogP contribution in [0.2, 0.25) is 0 Å². The van der Waals surface area contributed by atoms with Gasteiger partial charge < -0.3 is 9.47 Å². The summed E-state index contributed by atoms with van der Waals surface area (Å²) >= 11 is 0. The number of rotatable bonds is 7. The summed E-state index contributed by atoms with van der Waals surface area (Å²) in [5, 5.41) is 0. The quantitative estimate of drug-likeness (QED) is 0.296. The van der Waals surface area contributed by atoms with Crippen molar-refractivity contribution in [3.05, 3.63) is 76.9 Å². The van der Waals surface area contributed by atoms with Crippen LogP contribution in [0.15, 0.2) is 42.5 Å². The van der Waals surface area contributed by atoms with Gasteiger partial charge in [-0.05, 0) is 79.8 Å². The van der Waals surface area contributed by atoms with E-state index in [1.54, 1.807) is 12.1 Å². The molecule has 0 radical (unpaired) electrons. The lowest BCUT2D eigenvalue weighted by atomic mass is 9.77. The van der Waals surface area contributed by atoms with Gasteiger partial charge >= 0.3 is 6.61 Å². The van der Waals surface area contributed by atoms with Crippen molar-refractivity contribution >= 4 is 0 Å². The first kappa shape index (κ1) is 25.9. The molecule has 0 aromatic heterocycles. The average molecular weight is 509 g/mol. The first-order valence-corrected chi connectivity index (χ1v) is 11.9.